The van der Waals surface area contributed by atoms with Crippen LogP contribution < -0.4 is 0 Å². The number of rotatable bonds is 3. The third-order valence-corrected chi connectivity index (χ3v) is 3.40. The Morgan fingerprint density at radius 1 is 1.14 bits per heavy atom. The average molecular weight is 371 g/mol. The maximum atomic E-state index is 12.8. The number of carbonyl (C=O) groups excluding carboxylic acids is 1. The fraction of sp³-hybridized carbons (Fsp3) is 0.0625. The van der Waals surface area contributed by atoms with Gasteiger partial charge in [0.25, 0.3) is 0 Å². The first-order valence-corrected chi connectivity index (χ1v) is 6.95. The molecule has 2 rings (SSSR count). The number of carbonyl (C=O) groups is 1. The summed E-state index contributed by atoms with van der Waals surface area (Å²) in [6, 6.07) is 9.23. The lowest BCUT2D eigenvalue weighted by Crippen LogP contribution is -2.07. The van der Waals surface area contributed by atoms with Gasteiger partial charge < -0.3 is 5.11 Å². The first kappa shape index (κ1) is 16.3. The molecule has 1 N–H and O–H groups in total. The van der Waals surface area contributed by atoms with Crippen LogP contribution in [0, 0.1) is 0 Å². The molecule has 0 saturated heterocycles. The standard InChI is InChI=1S/C16H10BrF3O2/c17-11-6-8-15(22)12(9-11)14(21)7-5-10-3-1-2-4-13(10)16(18,19)20/h1-9,22H/b7-5+. The van der Waals surface area contributed by atoms with Crippen LogP contribution in [0.4, 0.5) is 13.2 Å². The second-order valence-electron chi connectivity index (χ2n) is 4.44. The van der Waals surface area contributed by atoms with Crippen molar-refractivity contribution in [3.05, 3.63) is 69.7 Å². The van der Waals surface area contributed by atoms with Gasteiger partial charge in [-0.1, -0.05) is 40.2 Å². The van der Waals surface area contributed by atoms with E-state index in [1.165, 1.54) is 30.3 Å². The molecule has 0 aromatic heterocycles. The van der Waals surface area contributed by atoms with Gasteiger partial charge in [0.15, 0.2) is 5.78 Å². The van der Waals surface area contributed by atoms with Crippen LogP contribution in [0.5, 0.6) is 5.75 Å². The van der Waals surface area contributed by atoms with Crippen molar-refractivity contribution < 1.29 is 23.1 Å². The minimum atomic E-state index is -4.50. The summed E-state index contributed by atoms with van der Waals surface area (Å²) in [5.74, 6) is -0.822. The van der Waals surface area contributed by atoms with Crippen molar-refractivity contribution in [2.24, 2.45) is 0 Å². The minimum Gasteiger partial charge on any atom is -0.507 e. The highest BCUT2D eigenvalue weighted by atomic mass is 79.9. The Morgan fingerprint density at radius 3 is 2.50 bits per heavy atom. The lowest BCUT2D eigenvalue weighted by molar-refractivity contribution is -0.137. The molecule has 0 atom stereocenters. The summed E-state index contributed by atoms with van der Waals surface area (Å²) in [6.45, 7) is 0. The van der Waals surface area contributed by atoms with E-state index in [-0.39, 0.29) is 16.9 Å². The first-order valence-electron chi connectivity index (χ1n) is 6.16. The Bertz CT molecular complexity index is 736. The third-order valence-electron chi connectivity index (χ3n) is 2.90. The predicted molar refractivity (Wildman–Crippen MR) is 80.6 cm³/mol. The zero-order chi connectivity index (χ0) is 16.3. The number of phenolic OH excluding ortho intramolecular Hbond substituents is 1. The molecule has 6 heteroatoms. The Hall–Kier alpha value is -2.08. The molecule has 0 aliphatic carbocycles. The monoisotopic (exact) mass is 370 g/mol. The molecule has 0 amide bonds. The average Bonchev–Trinajstić information content (AvgIpc) is 2.46. The van der Waals surface area contributed by atoms with Crippen LogP contribution in [0.1, 0.15) is 21.5 Å². The van der Waals surface area contributed by atoms with Crippen molar-refractivity contribution >= 4 is 27.8 Å². The summed E-state index contributed by atoms with van der Waals surface area (Å²) < 4.78 is 39.1. The predicted octanol–water partition coefficient (Wildman–Crippen LogP) is 5.07. The summed E-state index contributed by atoms with van der Waals surface area (Å²) >= 11 is 3.16. The van der Waals surface area contributed by atoms with Crippen LogP contribution in [-0.2, 0) is 6.18 Å². The smallest absolute Gasteiger partial charge is 0.416 e. The zero-order valence-corrected chi connectivity index (χ0v) is 12.6. The van der Waals surface area contributed by atoms with Crippen LogP contribution in [0.3, 0.4) is 0 Å². The van der Waals surface area contributed by atoms with Crippen LogP contribution in [-0.4, -0.2) is 10.9 Å². The van der Waals surface area contributed by atoms with Crippen molar-refractivity contribution in [1.29, 1.82) is 0 Å². The van der Waals surface area contributed by atoms with E-state index in [4.69, 9.17) is 0 Å². The fourth-order valence-corrected chi connectivity index (χ4v) is 2.22. The molecule has 0 aliphatic rings. The van der Waals surface area contributed by atoms with Crippen LogP contribution in [0.25, 0.3) is 6.08 Å². The maximum Gasteiger partial charge on any atom is 0.416 e. The molecule has 2 nitrogen and oxygen atoms in total. The van der Waals surface area contributed by atoms with Crippen molar-refractivity contribution in [3.8, 4) is 5.75 Å². The largest absolute Gasteiger partial charge is 0.507 e. The van der Waals surface area contributed by atoms with Crippen LogP contribution in [0.15, 0.2) is 53.0 Å². The number of phenols is 1. The van der Waals surface area contributed by atoms with Gasteiger partial charge in [-0.3, -0.25) is 4.79 Å². The van der Waals surface area contributed by atoms with Gasteiger partial charge in [0.2, 0.25) is 0 Å². The van der Waals surface area contributed by atoms with E-state index in [2.05, 4.69) is 15.9 Å². The van der Waals surface area contributed by atoms with E-state index < -0.39 is 17.5 Å². The topological polar surface area (TPSA) is 37.3 Å². The van der Waals surface area contributed by atoms with E-state index in [0.29, 0.717) is 4.47 Å². The summed E-state index contributed by atoms with van der Waals surface area (Å²) in [5, 5.41) is 9.63. The van der Waals surface area contributed by atoms with E-state index in [0.717, 1.165) is 18.2 Å². The lowest BCUT2D eigenvalue weighted by Gasteiger charge is -2.09. The van der Waals surface area contributed by atoms with Crippen LogP contribution in [0.2, 0.25) is 0 Å². The molecule has 0 radical (unpaired) electrons. The summed E-state index contributed by atoms with van der Waals surface area (Å²) in [6.07, 6.45) is -2.40. The minimum absolute atomic E-state index is 0.00937. The molecule has 0 fully saturated rings. The van der Waals surface area contributed by atoms with E-state index in [1.807, 2.05) is 0 Å². The number of alkyl halides is 3. The molecule has 0 spiro atoms. The molecule has 2 aromatic carbocycles. The number of benzene rings is 2. The number of hydrogen-bond donors (Lipinski definition) is 1. The van der Waals surface area contributed by atoms with E-state index >= 15 is 0 Å². The summed E-state index contributed by atoms with van der Waals surface area (Å²) in [4.78, 5) is 12.0. The molecule has 0 saturated carbocycles. The van der Waals surface area contributed by atoms with E-state index in [9.17, 15) is 23.1 Å². The Morgan fingerprint density at radius 2 is 1.82 bits per heavy atom. The number of hydrogen-bond acceptors (Lipinski definition) is 2. The quantitative estimate of drug-likeness (QED) is 0.604. The first-order chi connectivity index (χ1) is 10.3. The van der Waals surface area contributed by atoms with Crippen molar-refractivity contribution in [3.63, 3.8) is 0 Å². The second-order valence-corrected chi connectivity index (χ2v) is 5.36. The fourth-order valence-electron chi connectivity index (χ4n) is 1.86. The highest BCUT2D eigenvalue weighted by Gasteiger charge is 2.32. The van der Waals surface area contributed by atoms with Gasteiger partial charge >= 0.3 is 6.18 Å². The van der Waals surface area contributed by atoms with Gasteiger partial charge in [-0.2, -0.15) is 13.2 Å². The molecule has 22 heavy (non-hydrogen) atoms. The molecule has 0 aliphatic heterocycles. The van der Waals surface area contributed by atoms with Crippen molar-refractivity contribution in [2.75, 3.05) is 0 Å². The molecule has 114 valence electrons. The zero-order valence-electron chi connectivity index (χ0n) is 11.1. The second kappa shape index (κ2) is 6.36. The van der Waals surface area contributed by atoms with Gasteiger partial charge in [0, 0.05) is 4.47 Å². The molecule has 0 unspecified atom stereocenters. The highest BCUT2D eigenvalue weighted by Crippen LogP contribution is 2.32. The lowest BCUT2D eigenvalue weighted by atomic mass is 10.0. The van der Waals surface area contributed by atoms with Crippen molar-refractivity contribution in [1.82, 2.24) is 0 Å². The Labute approximate surface area is 133 Å². The Balaban J connectivity index is 2.33. The van der Waals surface area contributed by atoms with Crippen molar-refractivity contribution in [2.45, 2.75) is 6.18 Å². The van der Waals surface area contributed by atoms with Gasteiger partial charge in [0.1, 0.15) is 5.75 Å². The molecule has 2 aromatic rings. The third kappa shape index (κ3) is 3.76. The number of allylic oxidation sites excluding steroid dienone is 1. The molecular weight excluding hydrogens is 361 g/mol. The summed E-state index contributed by atoms with van der Waals surface area (Å²) in [7, 11) is 0. The normalized spacial score (nSPS) is 11.8. The van der Waals surface area contributed by atoms with Gasteiger partial charge in [-0.05, 0) is 35.9 Å². The number of halogens is 4. The molecule has 0 bridgehead atoms. The molecular formula is C16H10BrF3O2. The van der Waals surface area contributed by atoms with Gasteiger partial charge in [0.05, 0.1) is 11.1 Å². The number of aromatic hydroxyl groups is 1. The van der Waals surface area contributed by atoms with Gasteiger partial charge in [-0.15, -0.1) is 0 Å². The summed E-state index contributed by atoms with van der Waals surface area (Å²) in [5.41, 5.74) is -0.925. The van der Waals surface area contributed by atoms with Gasteiger partial charge in [-0.25, -0.2) is 0 Å². The van der Waals surface area contributed by atoms with E-state index in [1.54, 1.807) is 6.07 Å². The maximum absolute atomic E-state index is 12.8. The SMILES string of the molecule is O=C(/C=C/c1ccccc1C(F)(F)F)c1cc(Br)ccc1O. The number of ketones is 1. The highest BCUT2D eigenvalue weighted by molar-refractivity contribution is 9.10. The van der Waals surface area contributed by atoms with Crippen LogP contribution >= 0.6 is 15.9 Å². The molecule has 0 heterocycles. The Kier molecular flexibility index (Phi) is 4.71.